The van der Waals surface area contributed by atoms with E-state index in [1.165, 1.54) is 24.0 Å². The minimum absolute atomic E-state index is 0.0184. The lowest BCUT2D eigenvalue weighted by atomic mass is 9.85. The summed E-state index contributed by atoms with van der Waals surface area (Å²) in [4.78, 5) is 15.3. The molecule has 5 nitrogen and oxygen atoms in total. The first kappa shape index (κ1) is 23.2. The summed E-state index contributed by atoms with van der Waals surface area (Å²) in [5.41, 5.74) is 4.57. The normalized spacial score (nSPS) is 28.4. The van der Waals surface area contributed by atoms with Gasteiger partial charge >= 0.3 is 6.09 Å². The number of alkyl carbamates (subject to hydrolysis) is 1. The number of rotatable bonds is 6. The molecule has 2 atom stereocenters. The zero-order valence-corrected chi connectivity index (χ0v) is 21.4. The van der Waals surface area contributed by atoms with Crippen LogP contribution in [0.2, 0.25) is 5.02 Å². The number of halogens is 1. The zero-order valence-electron chi connectivity index (χ0n) is 20.7. The predicted octanol–water partition coefficient (Wildman–Crippen LogP) is 6.24. The van der Waals surface area contributed by atoms with Crippen LogP contribution in [0.4, 0.5) is 4.79 Å². The lowest BCUT2D eigenvalue weighted by Crippen LogP contribution is -2.53. The third kappa shape index (κ3) is 4.77. The Hall–Kier alpha value is -2.24. The molecule has 35 heavy (non-hydrogen) atoms. The molecule has 3 aliphatic heterocycles. The standard InChI is InChI=1S/C29H35ClN2O3/c1-29(2)15-22-13-20(21-6-8-25(24(30)14-21)34-17-18-3-4-18)5-7-23(22)27(29)31-28(33)35-26-16-32-11-9-19(26)10-12-32/h5-8,13-14,18-19,26-27H,3-4,9-12,15-17H2,1-2H3,(H,31,33)/t26-,27+/m1/s1. The molecule has 1 amide bonds. The third-order valence-corrected chi connectivity index (χ3v) is 8.73. The Morgan fingerprint density at radius 2 is 1.83 bits per heavy atom. The topological polar surface area (TPSA) is 50.8 Å². The van der Waals surface area contributed by atoms with Crippen LogP contribution in [0.3, 0.4) is 0 Å². The fourth-order valence-electron chi connectivity index (χ4n) is 6.13. The SMILES string of the molecule is CC1(C)Cc2cc(-c3ccc(OCC4CC4)c(Cl)c3)ccc2[C@@H]1NC(=O)O[C@@H]1CN2CCC1CC2. The quantitative estimate of drug-likeness (QED) is 0.516. The highest BCUT2D eigenvalue weighted by atomic mass is 35.5. The molecule has 1 N–H and O–H groups in total. The summed E-state index contributed by atoms with van der Waals surface area (Å²) in [5, 5.41) is 3.87. The molecule has 0 unspecified atom stereocenters. The molecular weight excluding hydrogens is 460 g/mol. The van der Waals surface area contributed by atoms with Crippen molar-refractivity contribution in [1.82, 2.24) is 10.2 Å². The zero-order chi connectivity index (χ0) is 24.2. The number of hydrogen-bond acceptors (Lipinski definition) is 4. The first-order valence-corrected chi connectivity index (χ1v) is 13.5. The van der Waals surface area contributed by atoms with Gasteiger partial charge in [0.25, 0.3) is 0 Å². The van der Waals surface area contributed by atoms with E-state index in [0.717, 1.165) is 62.4 Å². The van der Waals surface area contributed by atoms with Gasteiger partial charge in [-0.15, -0.1) is 0 Å². The second kappa shape index (κ2) is 9.01. The molecule has 0 spiro atoms. The van der Waals surface area contributed by atoms with Crippen molar-refractivity contribution in [3.63, 3.8) is 0 Å². The van der Waals surface area contributed by atoms with Gasteiger partial charge in [-0.05, 0) is 96.8 Å². The Morgan fingerprint density at radius 1 is 1.09 bits per heavy atom. The highest BCUT2D eigenvalue weighted by Gasteiger charge is 2.42. The van der Waals surface area contributed by atoms with Gasteiger partial charge in [0.2, 0.25) is 0 Å². The van der Waals surface area contributed by atoms with E-state index < -0.39 is 0 Å². The van der Waals surface area contributed by atoms with E-state index in [-0.39, 0.29) is 23.7 Å². The molecule has 4 fully saturated rings. The minimum atomic E-state index is -0.285. The van der Waals surface area contributed by atoms with Crippen molar-refractivity contribution in [3.8, 4) is 16.9 Å². The number of carbonyl (C=O) groups is 1. The maximum Gasteiger partial charge on any atom is 0.407 e. The molecule has 7 rings (SSSR count). The molecule has 2 aromatic carbocycles. The molecule has 0 radical (unpaired) electrons. The van der Waals surface area contributed by atoms with Gasteiger partial charge in [-0.1, -0.05) is 49.7 Å². The van der Waals surface area contributed by atoms with Crippen molar-refractivity contribution >= 4 is 17.7 Å². The number of carbonyl (C=O) groups excluding carboxylic acids is 1. The number of ether oxygens (including phenoxy) is 2. The van der Waals surface area contributed by atoms with E-state index in [1.807, 2.05) is 12.1 Å². The molecule has 3 heterocycles. The highest BCUT2D eigenvalue weighted by molar-refractivity contribution is 6.32. The summed E-state index contributed by atoms with van der Waals surface area (Å²) in [7, 11) is 0. The number of hydrogen-bond donors (Lipinski definition) is 1. The van der Waals surface area contributed by atoms with Gasteiger partial charge in [-0.3, -0.25) is 4.90 Å². The fraction of sp³-hybridized carbons (Fsp3) is 0.552. The summed E-state index contributed by atoms with van der Waals surface area (Å²) in [6.07, 6.45) is 5.42. The van der Waals surface area contributed by atoms with Gasteiger partial charge in [0.1, 0.15) is 11.9 Å². The van der Waals surface area contributed by atoms with E-state index in [1.54, 1.807) is 0 Å². The molecule has 186 valence electrons. The first-order chi connectivity index (χ1) is 16.9. The number of benzene rings is 2. The first-order valence-electron chi connectivity index (χ1n) is 13.1. The second-order valence-corrected chi connectivity index (χ2v) is 12.0. The van der Waals surface area contributed by atoms with Gasteiger partial charge in [0.05, 0.1) is 17.7 Å². The van der Waals surface area contributed by atoms with Crippen molar-refractivity contribution in [2.75, 3.05) is 26.2 Å². The maximum atomic E-state index is 12.9. The van der Waals surface area contributed by atoms with E-state index in [4.69, 9.17) is 21.1 Å². The van der Waals surface area contributed by atoms with Crippen molar-refractivity contribution < 1.29 is 14.3 Å². The second-order valence-electron chi connectivity index (χ2n) is 11.6. The number of nitrogens with zero attached hydrogens (tertiary/aromatic N) is 1. The van der Waals surface area contributed by atoms with Crippen LogP contribution in [0.15, 0.2) is 36.4 Å². The van der Waals surface area contributed by atoms with Crippen LogP contribution in [0.25, 0.3) is 11.1 Å². The van der Waals surface area contributed by atoms with E-state index in [2.05, 4.69) is 48.3 Å². The summed E-state index contributed by atoms with van der Waals surface area (Å²) < 4.78 is 11.8. The van der Waals surface area contributed by atoms with Crippen molar-refractivity contribution in [1.29, 1.82) is 0 Å². The summed E-state index contributed by atoms with van der Waals surface area (Å²) >= 11 is 6.54. The number of fused-ring (bicyclic) bond motifs is 4. The lowest BCUT2D eigenvalue weighted by molar-refractivity contribution is -0.0348. The summed E-state index contributed by atoms with van der Waals surface area (Å²) in [6, 6.07) is 12.5. The molecular formula is C29H35ClN2O3. The third-order valence-electron chi connectivity index (χ3n) is 8.43. The number of nitrogens with one attached hydrogen (secondary N) is 1. The summed E-state index contributed by atoms with van der Waals surface area (Å²) in [6.45, 7) is 8.34. The van der Waals surface area contributed by atoms with E-state index in [0.29, 0.717) is 16.9 Å². The molecule has 1 saturated carbocycles. The average molecular weight is 495 g/mol. The van der Waals surface area contributed by atoms with Crippen molar-refractivity contribution in [2.24, 2.45) is 17.3 Å². The molecule has 5 aliphatic rings. The monoisotopic (exact) mass is 494 g/mol. The van der Waals surface area contributed by atoms with Crippen LogP contribution in [0.5, 0.6) is 5.75 Å². The van der Waals surface area contributed by atoms with E-state index >= 15 is 0 Å². The van der Waals surface area contributed by atoms with E-state index in [9.17, 15) is 4.79 Å². The Kier molecular flexibility index (Phi) is 5.96. The van der Waals surface area contributed by atoms with Gasteiger partial charge in [-0.2, -0.15) is 0 Å². The van der Waals surface area contributed by atoms with Crippen LogP contribution in [0, 0.1) is 17.3 Å². The van der Waals surface area contributed by atoms with Crippen molar-refractivity contribution in [2.45, 2.75) is 58.1 Å². The van der Waals surface area contributed by atoms with Crippen LogP contribution in [-0.4, -0.2) is 43.3 Å². The van der Waals surface area contributed by atoms with Crippen LogP contribution >= 0.6 is 11.6 Å². The van der Waals surface area contributed by atoms with Crippen LogP contribution < -0.4 is 10.1 Å². The average Bonchev–Trinajstić information content (AvgIpc) is 3.63. The largest absolute Gasteiger partial charge is 0.492 e. The smallest absolute Gasteiger partial charge is 0.407 e. The fourth-order valence-corrected chi connectivity index (χ4v) is 6.37. The Labute approximate surface area is 213 Å². The number of amides is 1. The van der Waals surface area contributed by atoms with Gasteiger partial charge in [-0.25, -0.2) is 4.79 Å². The van der Waals surface area contributed by atoms with Crippen LogP contribution in [0.1, 0.15) is 56.7 Å². The molecule has 2 aromatic rings. The summed E-state index contributed by atoms with van der Waals surface area (Å²) in [5.74, 6) is 1.96. The molecule has 2 bridgehead atoms. The number of piperidine rings is 3. The molecule has 3 saturated heterocycles. The lowest BCUT2D eigenvalue weighted by Gasteiger charge is -2.44. The molecule has 0 aromatic heterocycles. The molecule has 2 aliphatic carbocycles. The van der Waals surface area contributed by atoms with Gasteiger partial charge < -0.3 is 14.8 Å². The Balaban J connectivity index is 1.16. The highest BCUT2D eigenvalue weighted by Crippen LogP contribution is 2.46. The minimum Gasteiger partial charge on any atom is -0.492 e. The van der Waals surface area contributed by atoms with Crippen molar-refractivity contribution in [3.05, 3.63) is 52.5 Å². The predicted molar refractivity (Wildman–Crippen MR) is 138 cm³/mol. The Morgan fingerprint density at radius 3 is 2.51 bits per heavy atom. The van der Waals surface area contributed by atoms with Crippen LogP contribution in [-0.2, 0) is 11.2 Å². The van der Waals surface area contributed by atoms with Gasteiger partial charge in [0.15, 0.2) is 0 Å². The Bertz CT molecular complexity index is 1120. The maximum absolute atomic E-state index is 12.9. The van der Waals surface area contributed by atoms with Gasteiger partial charge in [0, 0.05) is 6.54 Å². The molecule has 6 heteroatoms.